The van der Waals surface area contributed by atoms with Crippen LogP contribution in [-0.2, 0) is 19.1 Å². The highest BCUT2D eigenvalue weighted by atomic mass is 35.5. The van der Waals surface area contributed by atoms with Gasteiger partial charge in [-0.25, -0.2) is 4.79 Å². The number of rotatable bonds is 6. The van der Waals surface area contributed by atoms with E-state index in [1.54, 1.807) is 17.9 Å². The van der Waals surface area contributed by atoms with Crippen molar-refractivity contribution in [2.45, 2.75) is 30.7 Å². The first kappa shape index (κ1) is 23.6. The highest BCUT2D eigenvalue weighted by Crippen LogP contribution is 2.35. The molecular formula is C20H24Cl2N2O4S. The maximum atomic E-state index is 12.5. The Balaban J connectivity index is 1.90. The van der Waals surface area contributed by atoms with Crippen LogP contribution in [-0.4, -0.2) is 55.2 Å². The molecule has 1 fully saturated rings. The second-order valence-electron chi connectivity index (χ2n) is 6.67. The van der Waals surface area contributed by atoms with E-state index >= 15 is 0 Å². The maximum Gasteiger partial charge on any atom is 0.328 e. The van der Waals surface area contributed by atoms with E-state index in [1.807, 2.05) is 18.4 Å². The Bertz CT molecular complexity index is 808. The molecule has 158 valence electrons. The molecule has 2 rings (SSSR count). The molecule has 2 amide bonds. The summed E-state index contributed by atoms with van der Waals surface area (Å²) in [5, 5.41) is 3.54. The van der Waals surface area contributed by atoms with E-state index in [0.29, 0.717) is 41.5 Å². The molecule has 0 aliphatic carbocycles. The van der Waals surface area contributed by atoms with Crippen LogP contribution in [0.3, 0.4) is 0 Å². The van der Waals surface area contributed by atoms with E-state index in [0.717, 1.165) is 4.90 Å². The summed E-state index contributed by atoms with van der Waals surface area (Å²) < 4.78 is 4.61. The van der Waals surface area contributed by atoms with Gasteiger partial charge >= 0.3 is 5.97 Å². The number of amides is 2. The van der Waals surface area contributed by atoms with Gasteiger partial charge in [-0.2, -0.15) is 0 Å². The summed E-state index contributed by atoms with van der Waals surface area (Å²) in [4.78, 5) is 38.7. The fraction of sp³-hybridized carbons (Fsp3) is 0.450. The van der Waals surface area contributed by atoms with Gasteiger partial charge in [-0.15, -0.1) is 11.8 Å². The Kier molecular flexibility index (Phi) is 8.86. The van der Waals surface area contributed by atoms with Crippen molar-refractivity contribution in [2.24, 2.45) is 5.92 Å². The zero-order chi connectivity index (χ0) is 21.6. The number of halogens is 2. The van der Waals surface area contributed by atoms with Crippen molar-refractivity contribution in [3.8, 4) is 0 Å². The summed E-state index contributed by atoms with van der Waals surface area (Å²) in [5.74, 6) is -1.06. The summed E-state index contributed by atoms with van der Waals surface area (Å²) in [7, 11) is 1.28. The molecule has 1 unspecified atom stereocenters. The minimum atomic E-state index is -0.691. The number of likely N-dealkylation sites (tertiary alicyclic amines) is 1. The molecule has 6 nitrogen and oxygen atoms in total. The van der Waals surface area contributed by atoms with Gasteiger partial charge in [0.15, 0.2) is 0 Å². The number of carbonyl (C=O) groups is 3. The van der Waals surface area contributed by atoms with E-state index in [9.17, 15) is 14.4 Å². The number of esters is 1. The van der Waals surface area contributed by atoms with Crippen LogP contribution >= 0.6 is 35.0 Å². The standard InChI is InChI=1S/C20H24Cl2N2O4S/c1-12(20(27)28-2)23-19(26)14-8-10-24(11-9-14)16(25)7-5-13-4-6-15(29-3)18(22)17(13)21/h4-7,12,14H,8-11H2,1-3H3,(H,23,26). The van der Waals surface area contributed by atoms with Crippen LogP contribution in [0.4, 0.5) is 0 Å². The molecule has 9 heteroatoms. The smallest absolute Gasteiger partial charge is 0.328 e. The zero-order valence-corrected chi connectivity index (χ0v) is 18.9. The number of carbonyl (C=O) groups excluding carboxylic acids is 3. The van der Waals surface area contributed by atoms with Crippen LogP contribution in [0.1, 0.15) is 25.3 Å². The van der Waals surface area contributed by atoms with E-state index in [4.69, 9.17) is 23.2 Å². The van der Waals surface area contributed by atoms with Crippen molar-refractivity contribution in [2.75, 3.05) is 26.5 Å². The second-order valence-corrected chi connectivity index (χ2v) is 8.28. The predicted molar refractivity (Wildman–Crippen MR) is 116 cm³/mol. The van der Waals surface area contributed by atoms with E-state index in [1.165, 1.54) is 24.9 Å². The SMILES string of the molecule is COC(=O)C(C)NC(=O)C1CCN(C(=O)C=Cc2ccc(SC)c(Cl)c2Cl)CC1. The fourth-order valence-corrected chi connectivity index (χ4v) is 4.20. The van der Waals surface area contributed by atoms with E-state index in [-0.39, 0.29) is 17.7 Å². The summed E-state index contributed by atoms with van der Waals surface area (Å²) >= 11 is 14.0. The van der Waals surface area contributed by atoms with Crippen molar-refractivity contribution >= 4 is 58.8 Å². The maximum absolute atomic E-state index is 12.5. The Morgan fingerprint density at radius 3 is 2.48 bits per heavy atom. The number of hydrogen-bond donors (Lipinski definition) is 1. The Morgan fingerprint density at radius 1 is 1.24 bits per heavy atom. The number of piperidine rings is 1. The quantitative estimate of drug-likeness (QED) is 0.400. The van der Waals surface area contributed by atoms with Crippen LogP contribution in [0.2, 0.25) is 10.0 Å². The zero-order valence-electron chi connectivity index (χ0n) is 16.5. The minimum absolute atomic E-state index is 0.145. The molecule has 1 N–H and O–H groups in total. The Morgan fingerprint density at radius 2 is 1.90 bits per heavy atom. The minimum Gasteiger partial charge on any atom is -0.467 e. The Hall–Kier alpha value is -1.70. The Labute approximate surface area is 184 Å². The fourth-order valence-electron chi connectivity index (χ4n) is 3.03. The lowest BCUT2D eigenvalue weighted by Gasteiger charge is -2.31. The number of methoxy groups -OCH3 is 1. The van der Waals surface area contributed by atoms with E-state index in [2.05, 4.69) is 10.1 Å². The molecule has 1 saturated heterocycles. The van der Waals surface area contributed by atoms with Crippen LogP contribution in [0, 0.1) is 5.92 Å². The molecule has 0 saturated carbocycles. The average molecular weight is 459 g/mol. The van der Waals surface area contributed by atoms with Crippen molar-refractivity contribution in [1.82, 2.24) is 10.2 Å². The molecule has 0 spiro atoms. The number of thioether (sulfide) groups is 1. The largest absolute Gasteiger partial charge is 0.467 e. The van der Waals surface area contributed by atoms with Gasteiger partial charge in [0, 0.05) is 30.0 Å². The summed E-state index contributed by atoms with van der Waals surface area (Å²) in [6, 6.07) is 3.00. The van der Waals surface area contributed by atoms with Crippen molar-refractivity contribution in [1.29, 1.82) is 0 Å². The molecule has 1 heterocycles. The molecule has 1 aliphatic heterocycles. The normalized spacial score (nSPS) is 16.0. The first-order valence-corrected chi connectivity index (χ1v) is 11.1. The van der Waals surface area contributed by atoms with Crippen LogP contribution < -0.4 is 5.32 Å². The molecule has 1 atom stereocenters. The number of hydrogen-bond acceptors (Lipinski definition) is 5. The topological polar surface area (TPSA) is 75.7 Å². The lowest BCUT2D eigenvalue weighted by Crippen LogP contribution is -2.46. The highest BCUT2D eigenvalue weighted by Gasteiger charge is 2.28. The van der Waals surface area contributed by atoms with Gasteiger partial charge in [0.05, 0.1) is 17.2 Å². The third-order valence-corrected chi connectivity index (χ3v) is 6.58. The van der Waals surface area contributed by atoms with E-state index < -0.39 is 12.0 Å². The van der Waals surface area contributed by atoms with Gasteiger partial charge in [0.1, 0.15) is 6.04 Å². The van der Waals surface area contributed by atoms with Gasteiger partial charge in [-0.3, -0.25) is 9.59 Å². The van der Waals surface area contributed by atoms with Gasteiger partial charge in [0.25, 0.3) is 0 Å². The molecule has 29 heavy (non-hydrogen) atoms. The molecule has 1 aliphatic rings. The first-order valence-electron chi connectivity index (χ1n) is 9.15. The summed E-state index contributed by atoms with van der Waals surface area (Å²) in [5.41, 5.74) is 0.675. The number of ether oxygens (including phenoxy) is 1. The number of nitrogens with one attached hydrogen (secondary N) is 1. The lowest BCUT2D eigenvalue weighted by atomic mass is 9.95. The van der Waals surface area contributed by atoms with Crippen LogP contribution in [0.15, 0.2) is 23.1 Å². The third-order valence-electron chi connectivity index (χ3n) is 4.79. The van der Waals surface area contributed by atoms with Gasteiger partial charge in [-0.05, 0) is 43.7 Å². The summed E-state index contributed by atoms with van der Waals surface area (Å²) in [6.45, 7) is 2.51. The molecule has 1 aromatic carbocycles. The first-order chi connectivity index (χ1) is 13.8. The lowest BCUT2D eigenvalue weighted by molar-refractivity contribution is -0.145. The molecular weight excluding hydrogens is 435 g/mol. The predicted octanol–water partition coefficient (Wildman–Crippen LogP) is 3.64. The second kappa shape index (κ2) is 10.9. The molecule has 1 aromatic rings. The van der Waals surface area contributed by atoms with Crippen molar-refractivity contribution in [3.63, 3.8) is 0 Å². The molecule has 0 radical (unpaired) electrons. The highest BCUT2D eigenvalue weighted by molar-refractivity contribution is 7.98. The summed E-state index contributed by atoms with van der Waals surface area (Å²) in [6.07, 6.45) is 6.10. The average Bonchev–Trinajstić information content (AvgIpc) is 2.73. The third kappa shape index (κ3) is 6.14. The number of nitrogens with zero attached hydrogens (tertiary/aromatic N) is 1. The number of benzene rings is 1. The van der Waals surface area contributed by atoms with Gasteiger partial charge in [0.2, 0.25) is 11.8 Å². The van der Waals surface area contributed by atoms with Crippen molar-refractivity contribution in [3.05, 3.63) is 33.8 Å². The van der Waals surface area contributed by atoms with Gasteiger partial charge in [-0.1, -0.05) is 29.3 Å². The van der Waals surface area contributed by atoms with Crippen LogP contribution in [0.5, 0.6) is 0 Å². The van der Waals surface area contributed by atoms with Crippen molar-refractivity contribution < 1.29 is 19.1 Å². The molecule has 0 bridgehead atoms. The van der Waals surface area contributed by atoms with Gasteiger partial charge < -0.3 is 15.0 Å². The monoisotopic (exact) mass is 458 g/mol. The molecule has 0 aromatic heterocycles. The van der Waals surface area contributed by atoms with Crippen LogP contribution in [0.25, 0.3) is 6.08 Å².